The van der Waals surface area contributed by atoms with Crippen LogP contribution in [0.2, 0.25) is 0 Å². The van der Waals surface area contributed by atoms with E-state index < -0.39 is 0 Å². The minimum atomic E-state index is 0.365. The number of halogens is 1. The maximum absolute atomic E-state index is 6.03. The average molecular weight is 272 g/mol. The molecule has 0 aliphatic carbocycles. The van der Waals surface area contributed by atoms with Crippen molar-refractivity contribution in [3.8, 4) is 5.69 Å². The molecule has 0 fully saturated rings. The predicted molar refractivity (Wildman–Crippen MR) is 77.9 cm³/mol. The molecule has 0 atom stereocenters. The minimum Gasteiger partial charge on any atom is -0.280 e. The fraction of sp³-hybridized carbons (Fsp3) is 0.200. The summed E-state index contributed by atoms with van der Waals surface area (Å²) >= 11 is 6.03. The van der Waals surface area contributed by atoms with Crippen molar-refractivity contribution in [3.05, 3.63) is 53.5 Å². The van der Waals surface area contributed by atoms with Gasteiger partial charge in [-0.3, -0.25) is 4.57 Å². The van der Waals surface area contributed by atoms with Gasteiger partial charge in [0, 0.05) is 11.9 Å². The molecule has 0 amide bonds. The highest BCUT2D eigenvalue weighted by Gasteiger charge is 2.13. The molecule has 4 heteroatoms. The van der Waals surface area contributed by atoms with Crippen LogP contribution in [0.4, 0.5) is 0 Å². The molecular weight excluding hydrogens is 258 g/mol. The summed E-state index contributed by atoms with van der Waals surface area (Å²) in [6, 6.07) is 10.3. The SMILES string of the molecule is Cc1ccc(-n2c(CCl)nc3c(C)ccnc32)cc1. The molecule has 0 aliphatic heterocycles. The smallest absolute Gasteiger partial charge is 0.164 e. The van der Waals surface area contributed by atoms with E-state index in [4.69, 9.17) is 11.6 Å². The van der Waals surface area contributed by atoms with Crippen molar-refractivity contribution in [2.75, 3.05) is 0 Å². The molecule has 19 heavy (non-hydrogen) atoms. The lowest BCUT2D eigenvalue weighted by atomic mass is 10.2. The van der Waals surface area contributed by atoms with Gasteiger partial charge in [-0.2, -0.15) is 0 Å². The van der Waals surface area contributed by atoms with E-state index in [1.54, 1.807) is 0 Å². The third-order valence-electron chi connectivity index (χ3n) is 3.23. The first kappa shape index (κ1) is 12.2. The normalized spacial score (nSPS) is 11.1. The highest BCUT2D eigenvalue weighted by atomic mass is 35.5. The fourth-order valence-electron chi connectivity index (χ4n) is 2.19. The van der Waals surface area contributed by atoms with E-state index in [9.17, 15) is 0 Å². The van der Waals surface area contributed by atoms with Gasteiger partial charge in [-0.15, -0.1) is 11.6 Å². The van der Waals surface area contributed by atoms with E-state index in [0.29, 0.717) is 5.88 Å². The van der Waals surface area contributed by atoms with Gasteiger partial charge in [-0.25, -0.2) is 9.97 Å². The lowest BCUT2D eigenvalue weighted by molar-refractivity contribution is 0.969. The molecule has 0 bridgehead atoms. The Labute approximate surface area is 116 Å². The molecule has 0 radical (unpaired) electrons. The zero-order valence-corrected chi connectivity index (χ0v) is 11.6. The number of fused-ring (bicyclic) bond motifs is 1. The number of aryl methyl sites for hydroxylation is 2. The Morgan fingerprint density at radius 3 is 2.53 bits per heavy atom. The first-order valence-corrected chi connectivity index (χ1v) is 6.70. The lowest BCUT2D eigenvalue weighted by Crippen LogP contribution is -2.00. The highest BCUT2D eigenvalue weighted by Crippen LogP contribution is 2.23. The van der Waals surface area contributed by atoms with Crippen LogP contribution in [-0.2, 0) is 5.88 Å². The predicted octanol–water partition coefficient (Wildman–Crippen LogP) is 3.78. The van der Waals surface area contributed by atoms with Crippen LogP contribution in [0.15, 0.2) is 36.5 Å². The van der Waals surface area contributed by atoms with Crippen LogP contribution in [0.25, 0.3) is 16.9 Å². The van der Waals surface area contributed by atoms with E-state index in [-0.39, 0.29) is 0 Å². The van der Waals surface area contributed by atoms with Gasteiger partial charge in [-0.1, -0.05) is 17.7 Å². The lowest BCUT2D eigenvalue weighted by Gasteiger charge is -2.07. The van der Waals surface area contributed by atoms with E-state index in [2.05, 4.69) is 41.2 Å². The van der Waals surface area contributed by atoms with E-state index in [0.717, 1.165) is 28.2 Å². The van der Waals surface area contributed by atoms with E-state index in [1.807, 2.05) is 23.8 Å². The zero-order chi connectivity index (χ0) is 13.4. The second kappa shape index (κ2) is 4.67. The third kappa shape index (κ3) is 2.00. The first-order valence-electron chi connectivity index (χ1n) is 6.16. The topological polar surface area (TPSA) is 30.7 Å². The van der Waals surface area contributed by atoms with Gasteiger partial charge in [-0.05, 0) is 37.6 Å². The molecule has 2 aromatic heterocycles. The molecule has 0 aliphatic rings. The number of aromatic nitrogens is 3. The summed E-state index contributed by atoms with van der Waals surface area (Å²) in [4.78, 5) is 9.05. The summed E-state index contributed by atoms with van der Waals surface area (Å²) in [7, 11) is 0. The first-order chi connectivity index (χ1) is 9.20. The van der Waals surface area contributed by atoms with Crippen LogP contribution in [0, 0.1) is 13.8 Å². The van der Waals surface area contributed by atoms with Gasteiger partial charge in [0.25, 0.3) is 0 Å². The molecule has 3 nitrogen and oxygen atoms in total. The minimum absolute atomic E-state index is 0.365. The maximum Gasteiger partial charge on any atom is 0.164 e. The van der Waals surface area contributed by atoms with E-state index >= 15 is 0 Å². The number of rotatable bonds is 2. The highest BCUT2D eigenvalue weighted by molar-refractivity contribution is 6.17. The summed E-state index contributed by atoms with van der Waals surface area (Å²) in [5.74, 6) is 1.19. The van der Waals surface area contributed by atoms with Crippen molar-refractivity contribution in [1.82, 2.24) is 14.5 Å². The second-order valence-electron chi connectivity index (χ2n) is 4.63. The number of hydrogen-bond acceptors (Lipinski definition) is 2. The molecule has 0 N–H and O–H groups in total. The number of nitrogens with zero attached hydrogens (tertiary/aromatic N) is 3. The average Bonchev–Trinajstić information content (AvgIpc) is 2.80. The van der Waals surface area contributed by atoms with E-state index in [1.165, 1.54) is 5.56 Å². The molecule has 96 valence electrons. The van der Waals surface area contributed by atoms with Crippen LogP contribution in [0.1, 0.15) is 17.0 Å². The van der Waals surface area contributed by atoms with Crippen LogP contribution in [-0.4, -0.2) is 14.5 Å². The monoisotopic (exact) mass is 271 g/mol. The molecule has 3 rings (SSSR count). The number of pyridine rings is 1. The molecular formula is C15H14ClN3. The Kier molecular flexibility index (Phi) is 2.99. The molecule has 0 spiro atoms. The van der Waals surface area contributed by atoms with Crippen LogP contribution in [0.5, 0.6) is 0 Å². The summed E-state index contributed by atoms with van der Waals surface area (Å²) in [5.41, 5.74) is 5.16. The summed E-state index contributed by atoms with van der Waals surface area (Å²) in [5, 5.41) is 0. The van der Waals surface area contributed by atoms with Gasteiger partial charge in [0.1, 0.15) is 11.3 Å². The van der Waals surface area contributed by atoms with Crippen molar-refractivity contribution >= 4 is 22.8 Å². The van der Waals surface area contributed by atoms with Gasteiger partial charge in [0.05, 0.1) is 5.88 Å². The van der Waals surface area contributed by atoms with Crippen molar-refractivity contribution in [2.45, 2.75) is 19.7 Å². The number of hydrogen-bond donors (Lipinski definition) is 0. The molecule has 2 heterocycles. The fourth-order valence-corrected chi connectivity index (χ4v) is 2.37. The molecule has 1 aromatic carbocycles. The molecule has 0 saturated heterocycles. The van der Waals surface area contributed by atoms with Crippen LogP contribution in [0.3, 0.4) is 0 Å². The van der Waals surface area contributed by atoms with Crippen LogP contribution >= 0.6 is 11.6 Å². The quantitative estimate of drug-likeness (QED) is 0.664. The number of imidazole rings is 1. The Morgan fingerprint density at radius 2 is 1.84 bits per heavy atom. The number of benzene rings is 1. The molecule has 0 saturated carbocycles. The Balaban J connectivity index is 2.32. The standard InChI is InChI=1S/C15H14ClN3/c1-10-3-5-12(6-4-10)19-13(9-16)18-14-11(2)7-8-17-15(14)19/h3-8H,9H2,1-2H3. The summed E-state index contributed by atoms with van der Waals surface area (Å²) in [6.45, 7) is 4.11. The van der Waals surface area contributed by atoms with Gasteiger partial charge >= 0.3 is 0 Å². The maximum atomic E-state index is 6.03. The van der Waals surface area contributed by atoms with Gasteiger partial charge in [0.2, 0.25) is 0 Å². The Morgan fingerprint density at radius 1 is 1.11 bits per heavy atom. The number of alkyl halides is 1. The van der Waals surface area contributed by atoms with Crippen molar-refractivity contribution < 1.29 is 0 Å². The molecule has 3 aromatic rings. The summed E-state index contributed by atoms with van der Waals surface area (Å²) in [6.07, 6.45) is 1.81. The van der Waals surface area contributed by atoms with Crippen molar-refractivity contribution in [3.63, 3.8) is 0 Å². The summed E-state index contributed by atoms with van der Waals surface area (Å²) < 4.78 is 2.02. The van der Waals surface area contributed by atoms with Crippen molar-refractivity contribution in [2.24, 2.45) is 0 Å². The van der Waals surface area contributed by atoms with Crippen molar-refractivity contribution in [1.29, 1.82) is 0 Å². The molecule has 0 unspecified atom stereocenters. The zero-order valence-electron chi connectivity index (χ0n) is 10.9. The largest absolute Gasteiger partial charge is 0.280 e. The third-order valence-corrected chi connectivity index (χ3v) is 3.47. The van der Waals surface area contributed by atoms with Crippen LogP contribution < -0.4 is 0 Å². The Hall–Kier alpha value is -1.87. The Bertz CT molecular complexity index is 729. The van der Waals surface area contributed by atoms with Gasteiger partial charge in [0.15, 0.2) is 5.65 Å². The second-order valence-corrected chi connectivity index (χ2v) is 4.90. The van der Waals surface area contributed by atoms with Gasteiger partial charge < -0.3 is 0 Å².